The second-order valence-corrected chi connectivity index (χ2v) is 5.57. The molecule has 0 aliphatic heterocycles. The Morgan fingerprint density at radius 1 is 1.37 bits per heavy atom. The lowest BCUT2D eigenvalue weighted by molar-refractivity contribution is -0.122. The second-order valence-electron chi connectivity index (χ2n) is 5.16. The van der Waals surface area contributed by atoms with Gasteiger partial charge in [0, 0.05) is 30.9 Å². The maximum Gasteiger partial charge on any atom is 0.252 e. The second kappa shape index (κ2) is 6.52. The Morgan fingerprint density at radius 3 is 2.63 bits per heavy atom. The molecule has 0 unspecified atom stereocenters. The van der Waals surface area contributed by atoms with E-state index in [9.17, 15) is 9.59 Å². The standard InChI is InChI=1S/C13H18ClN3O2/c1-13(2,3)17-11(18)5-7-16-12(19)9-4-6-15-8-10(9)14/h4,6,8H,5,7H2,1-3H3,(H,16,19)(H,17,18). The quantitative estimate of drug-likeness (QED) is 0.885. The molecule has 2 amide bonds. The molecule has 0 radical (unpaired) electrons. The van der Waals surface area contributed by atoms with E-state index >= 15 is 0 Å². The van der Waals surface area contributed by atoms with Gasteiger partial charge in [0.25, 0.3) is 5.91 Å². The van der Waals surface area contributed by atoms with Gasteiger partial charge in [0.2, 0.25) is 5.91 Å². The number of nitrogens with zero attached hydrogens (tertiary/aromatic N) is 1. The van der Waals surface area contributed by atoms with E-state index < -0.39 is 0 Å². The van der Waals surface area contributed by atoms with Gasteiger partial charge >= 0.3 is 0 Å². The van der Waals surface area contributed by atoms with Crippen molar-refractivity contribution in [3.8, 4) is 0 Å². The molecule has 0 aliphatic rings. The molecule has 2 N–H and O–H groups in total. The van der Waals surface area contributed by atoms with Gasteiger partial charge in [0.15, 0.2) is 0 Å². The van der Waals surface area contributed by atoms with Gasteiger partial charge in [0.05, 0.1) is 10.6 Å². The van der Waals surface area contributed by atoms with Crippen molar-refractivity contribution in [2.24, 2.45) is 0 Å². The lowest BCUT2D eigenvalue weighted by Crippen LogP contribution is -2.42. The molecule has 1 heterocycles. The Morgan fingerprint density at radius 2 is 2.05 bits per heavy atom. The van der Waals surface area contributed by atoms with E-state index in [1.807, 2.05) is 20.8 Å². The third-order valence-corrected chi connectivity index (χ3v) is 2.47. The van der Waals surface area contributed by atoms with Gasteiger partial charge in [0.1, 0.15) is 0 Å². The summed E-state index contributed by atoms with van der Waals surface area (Å²) in [4.78, 5) is 27.1. The zero-order valence-corrected chi connectivity index (χ0v) is 12.0. The predicted molar refractivity (Wildman–Crippen MR) is 74.1 cm³/mol. The van der Waals surface area contributed by atoms with Gasteiger partial charge in [-0.2, -0.15) is 0 Å². The van der Waals surface area contributed by atoms with Gasteiger partial charge in [-0.1, -0.05) is 11.6 Å². The van der Waals surface area contributed by atoms with Gasteiger partial charge in [-0.25, -0.2) is 0 Å². The number of hydrogen-bond acceptors (Lipinski definition) is 3. The van der Waals surface area contributed by atoms with Crippen molar-refractivity contribution >= 4 is 23.4 Å². The largest absolute Gasteiger partial charge is 0.351 e. The first-order chi connectivity index (χ1) is 8.79. The van der Waals surface area contributed by atoms with Gasteiger partial charge in [-0.3, -0.25) is 14.6 Å². The maximum absolute atomic E-state index is 11.8. The lowest BCUT2D eigenvalue weighted by atomic mass is 10.1. The van der Waals surface area contributed by atoms with E-state index in [1.54, 1.807) is 0 Å². The molecule has 104 valence electrons. The van der Waals surface area contributed by atoms with Gasteiger partial charge < -0.3 is 10.6 Å². The summed E-state index contributed by atoms with van der Waals surface area (Å²) in [5, 5.41) is 5.75. The van der Waals surface area contributed by atoms with E-state index in [2.05, 4.69) is 15.6 Å². The van der Waals surface area contributed by atoms with Crippen molar-refractivity contribution in [1.29, 1.82) is 0 Å². The van der Waals surface area contributed by atoms with Crippen LogP contribution in [0.4, 0.5) is 0 Å². The molecule has 0 fully saturated rings. The van der Waals surface area contributed by atoms with Crippen LogP contribution in [0.3, 0.4) is 0 Å². The number of aromatic nitrogens is 1. The normalized spacial score (nSPS) is 10.9. The Balaban J connectivity index is 2.40. The molecule has 1 aromatic heterocycles. The first-order valence-corrected chi connectivity index (χ1v) is 6.36. The van der Waals surface area contributed by atoms with E-state index in [0.717, 1.165) is 0 Å². The fraction of sp³-hybridized carbons (Fsp3) is 0.462. The number of carbonyl (C=O) groups excluding carboxylic acids is 2. The molecular formula is C13H18ClN3O2. The molecule has 0 spiro atoms. The highest BCUT2D eigenvalue weighted by atomic mass is 35.5. The lowest BCUT2D eigenvalue weighted by Gasteiger charge is -2.20. The molecule has 1 aromatic rings. The average Bonchev–Trinajstić information content (AvgIpc) is 2.26. The molecule has 1 rings (SSSR count). The molecule has 0 bridgehead atoms. The molecule has 6 heteroatoms. The van der Waals surface area contributed by atoms with Crippen molar-refractivity contribution in [3.63, 3.8) is 0 Å². The first kappa shape index (κ1) is 15.4. The van der Waals surface area contributed by atoms with Crippen LogP contribution in [0.2, 0.25) is 5.02 Å². The number of amides is 2. The van der Waals surface area contributed by atoms with E-state index in [4.69, 9.17) is 11.6 Å². The SMILES string of the molecule is CC(C)(C)NC(=O)CCNC(=O)c1ccncc1Cl. The third kappa shape index (κ3) is 5.70. The van der Waals surface area contributed by atoms with Crippen LogP contribution in [0.25, 0.3) is 0 Å². The van der Waals surface area contributed by atoms with Crippen molar-refractivity contribution in [1.82, 2.24) is 15.6 Å². The number of nitrogens with one attached hydrogen (secondary N) is 2. The highest BCUT2D eigenvalue weighted by molar-refractivity contribution is 6.33. The zero-order chi connectivity index (χ0) is 14.5. The minimum Gasteiger partial charge on any atom is -0.351 e. The van der Waals surface area contributed by atoms with Crippen LogP contribution in [0.15, 0.2) is 18.5 Å². The molecule has 5 nitrogen and oxygen atoms in total. The summed E-state index contributed by atoms with van der Waals surface area (Å²) in [6, 6.07) is 1.53. The third-order valence-electron chi connectivity index (χ3n) is 2.17. The molecule has 0 atom stereocenters. The smallest absolute Gasteiger partial charge is 0.252 e. The summed E-state index contributed by atoms with van der Waals surface area (Å²) in [5.41, 5.74) is 0.0862. The molecule has 19 heavy (non-hydrogen) atoms. The van der Waals surface area contributed by atoms with Crippen molar-refractivity contribution in [2.45, 2.75) is 32.7 Å². The average molecular weight is 284 g/mol. The summed E-state index contributed by atoms with van der Waals surface area (Å²) in [5.74, 6) is -0.412. The molecule has 0 aromatic carbocycles. The Hall–Kier alpha value is -1.62. The maximum atomic E-state index is 11.8. The van der Waals surface area contributed by atoms with Crippen LogP contribution in [0.1, 0.15) is 37.6 Å². The molecular weight excluding hydrogens is 266 g/mol. The number of pyridine rings is 1. The van der Waals surface area contributed by atoms with Crippen LogP contribution in [0.5, 0.6) is 0 Å². The van der Waals surface area contributed by atoms with Crippen LogP contribution in [-0.2, 0) is 4.79 Å². The summed E-state index contributed by atoms with van der Waals surface area (Å²) in [6.07, 6.45) is 3.13. The number of carbonyl (C=O) groups is 2. The molecule has 0 saturated heterocycles. The summed E-state index contributed by atoms with van der Waals surface area (Å²) >= 11 is 5.85. The number of halogens is 1. The van der Waals surface area contributed by atoms with Crippen molar-refractivity contribution in [3.05, 3.63) is 29.0 Å². The monoisotopic (exact) mass is 283 g/mol. The summed E-state index contributed by atoms with van der Waals surface area (Å²) < 4.78 is 0. The fourth-order valence-corrected chi connectivity index (χ4v) is 1.63. The summed E-state index contributed by atoms with van der Waals surface area (Å²) in [6.45, 7) is 5.97. The van der Waals surface area contributed by atoms with E-state index in [-0.39, 0.29) is 30.3 Å². The van der Waals surface area contributed by atoms with E-state index in [1.165, 1.54) is 18.5 Å². The van der Waals surface area contributed by atoms with Crippen LogP contribution in [-0.4, -0.2) is 28.9 Å². The topological polar surface area (TPSA) is 71.1 Å². The van der Waals surface area contributed by atoms with Crippen LogP contribution < -0.4 is 10.6 Å². The molecule has 0 aliphatic carbocycles. The van der Waals surface area contributed by atoms with Crippen LogP contribution >= 0.6 is 11.6 Å². The highest BCUT2D eigenvalue weighted by Crippen LogP contribution is 2.12. The Bertz CT molecular complexity index is 469. The predicted octanol–water partition coefficient (Wildman–Crippen LogP) is 1.77. The minimum absolute atomic E-state index is 0.103. The minimum atomic E-state index is -0.309. The van der Waals surface area contributed by atoms with Gasteiger partial charge in [-0.15, -0.1) is 0 Å². The number of hydrogen-bond donors (Lipinski definition) is 2. The number of rotatable bonds is 4. The van der Waals surface area contributed by atoms with Crippen LogP contribution in [0, 0.1) is 0 Å². The van der Waals surface area contributed by atoms with Crippen molar-refractivity contribution in [2.75, 3.05) is 6.54 Å². The summed E-state index contributed by atoms with van der Waals surface area (Å²) in [7, 11) is 0. The highest BCUT2D eigenvalue weighted by Gasteiger charge is 2.14. The Labute approximate surface area is 117 Å². The first-order valence-electron chi connectivity index (χ1n) is 5.98. The zero-order valence-electron chi connectivity index (χ0n) is 11.3. The fourth-order valence-electron chi connectivity index (χ4n) is 1.42. The Kier molecular flexibility index (Phi) is 5.30. The molecule has 0 saturated carbocycles. The van der Waals surface area contributed by atoms with Gasteiger partial charge in [-0.05, 0) is 26.8 Å². The van der Waals surface area contributed by atoms with Crippen molar-refractivity contribution < 1.29 is 9.59 Å². The van der Waals surface area contributed by atoms with E-state index in [0.29, 0.717) is 10.6 Å².